The molecule has 88 valence electrons. The first-order valence-electron chi connectivity index (χ1n) is 4.36. The molecule has 0 aliphatic carbocycles. The number of amidine groups is 1. The molecule has 2 rings (SSSR count). The predicted octanol–water partition coefficient (Wildman–Crippen LogP) is 2.87. The molecule has 0 radical (unpaired) electrons. The maximum atomic E-state index is 14.0. The highest BCUT2D eigenvalue weighted by atomic mass is 79.9. The van der Waals surface area contributed by atoms with E-state index in [1.165, 1.54) is 29.6 Å². The zero-order chi connectivity index (χ0) is 12.4. The van der Waals surface area contributed by atoms with E-state index in [1.54, 1.807) is 12.1 Å². The van der Waals surface area contributed by atoms with Crippen molar-refractivity contribution in [1.82, 2.24) is 9.36 Å². The second-order valence-electron chi connectivity index (χ2n) is 2.96. The van der Waals surface area contributed by atoms with Gasteiger partial charge in [-0.1, -0.05) is 11.8 Å². The molecular weight excluding hydrogens is 327 g/mol. The van der Waals surface area contributed by atoms with Crippen LogP contribution in [0, 0.1) is 11.2 Å². The summed E-state index contributed by atoms with van der Waals surface area (Å²) in [7, 11) is 0. The first kappa shape index (κ1) is 12.5. The molecule has 0 saturated carbocycles. The van der Waals surface area contributed by atoms with E-state index < -0.39 is 5.82 Å². The van der Waals surface area contributed by atoms with Gasteiger partial charge in [-0.3, -0.25) is 5.41 Å². The largest absolute Gasteiger partial charge is 0.384 e. The van der Waals surface area contributed by atoms with Crippen LogP contribution in [0.25, 0.3) is 0 Å². The lowest BCUT2D eigenvalue weighted by Gasteiger charge is -2.06. The van der Waals surface area contributed by atoms with Crippen molar-refractivity contribution in [3.8, 4) is 0 Å². The van der Waals surface area contributed by atoms with Crippen molar-refractivity contribution in [2.75, 3.05) is 0 Å². The molecule has 4 nitrogen and oxygen atoms in total. The average Bonchev–Trinajstić information content (AvgIpc) is 2.77. The van der Waals surface area contributed by atoms with Crippen LogP contribution >= 0.6 is 39.2 Å². The molecule has 17 heavy (non-hydrogen) atoms. The zero-order valence-electron chi connectivity index (χ0n) is 8.28. The molecule has 0 aliphatic heterocycles. The average molecular weight is 333 g/mol. The second kappa shape index (κ2) is 5.11. The normalized spacial score (nSPS) is 10.5. The SMILES string of the molecule is N=C(N)c1ccc(Sc2ncns2)c(F)c1Br. The fourth-order valence-electron chi connectivity index (χ4n) is 1.12. The fraction of sp³-hybridized carbons (Fsp3) is 0. The number of aromatic nitrogens is 2. The van der Waals surface area contributed by atoms with Gasteiger partial charge in [-0.25, -0.2) is 9.37 Å². The van der Waals surface area contributed by atoms with Crippen molar-refractivity contribution < 1.29 is 4.39 Å². The van der Waals surface area contributed by atoms with Gasteiger partial charge in [0, 0.05) is 5.56 Å². The van der Waals surface area contributed by atoms with Crippen molar-refractivity contribution in [3.63, 3.8) is 0 Å². The van der Waals surface area contributed by atoms with Crippen LogP contribution in [-0.4, -0.2) is 15.2 Å². The molecule has 0 atom stereocenters. The van der Waals surface area contributed by atoms with Gasteiger partial charge in [0.1, 0.15) is 12.2 Å². The Morgan fingerprint density at radius 3 is 2.88 bits per heavy atom. The highest BCUT2D eigenvalue weighted by Crippen LogP contribution is 2.34. The van der Waals surface area contributed by atoms with Crippen LogP contribution in [0.1, 0.15) is 5.56 Å². The summed E-state index contributed by atoms with van der Waals surface area (Å²) < 4.78 is 18.6. The van der Waals surface area contributed by atoms with Crippen molar-refractivity contribution in [1.29, 1.82) is 5.41 Å². The number of hydrogen-bond donors (Lipinski definition) is 2. The second-order valence-corrected chi connectivity index (χ2v) is 5.82. The summed E-state index contributed by atoms with van der Waals surface area (Å²) in [4.78, 5) is 4.38. The van der Waals surface area contributed by atoms with Crippen LogP contribution in [0.5, 0.6) is 0 Å². The summed E-state index contributed by atoms with van der Waals surface area (Å²) in [6.45, 7) is 0. The quantitative estimate of drug-likeness (QED) is 0.669. The first-order valence-corrected chi connectivity index (χ1v) is 6.75. The molecule has 1 aromatic heterocycles. The number of nitrogen functional groups attached to an aromatic ring is 1. The minimum atomic E-state index is -0.446. The van der Waals surface area contributed by atoms with E-state index in [0.717, 1.165) is 0 Å². The third kappa shape index (κ3) is 2.64. The van der Waals surface area contributed by atoms with Crippen molar-refractivity contribution >= 4 is 45.1 Å². The molecule has 0 fully saturated rings. The third-order valence-corrected chi connectivity index (χ3v) is 4.40. The lowest BCUT2D eigenvalue weighted by Crippen LogP contribution is -2.12. The van der Waals surface area contributed by atoms with Gasteiger partial charge in [-0.15, -0.1) is 0 Å². The molecule has 0 amide bonds. The standard InChI is InChI=1S/C9H6BrFN4S2/c10-6-4(8(12)13)1-2-5(7(6)11)16-9-14-3-15-17-9/h1-3H,(H3,12,13). The molecule has 8 heteroatoms. The molecule has 0 unspecified atom stereocenters. The number of nitrogens with one attached hydrogen (secondary N) is 1. The molecule has 1 heterocycles. The summed E-state index contributed by atoms with van der Waals surface area (Å²) >= 11 is 5.47. The number of halogens is 2. The van der Waals surface area contributed by atoms with Gasteiger partial charge >= 0.3 is 0 Å². The van der Waals surface area contributed by atoms with Crippen molar-refractivity contribution in [2.24, 2.45) is 5.73 Å². The van der Waals surface area contributed by atoms with Crippen LogP contribution in [0.4, 0.5) is 4.39 Å². The van der Waals surface area contributed by atoms with Gasteiger partial charge in [0.15, 0.2) is 10.2 Å². The molecular formula is C9H6BrFN4S2. The highest BCUT2D eigenvalue weighted by Gasteiger charge is 2.14. The molecule has 0 saturated heterocycles. The molecule has 0 aliphatic rings. The number of rotatable bonds is 3. The minimum absolute atomic E-state index is 0.178. The van der Waals surface area contributed by atoms with E-state index in [1.807, 2.05) is 0 Å². The van der Waals surface area contributed by atoms with Gasteiger partial charge < -0.3 is 5.73 Å². The van der Waals surface area contributed by atoms with E-state index in [0.29, 0.717) is 14.8 Å². The Kier molecular flexibility index (Phi) is 3.75. The lowest BCUT2D eigenvalue weighted by atomic mass is 10.2. The van der Waals surface area contributed by atoms with E-state index >= 15 is 0 Å². The number of hydrogen-bond acceptors (Lipinski definition) is 5. The Bertz CT molecular complexity index is 558. The summed E-state index contributed by atoms with van der Waals surface area (Å²) in [5.74, 6) is -0.624. The monoisotopic (exact) mass is 332 g/mol. The van der Waals surface area contributed by atoms with Crippen molar-refractivity contribution in [3.05, 3.63) is 34.3 Å². The Labute approximate surface area is 113 Å². The summed E-state index contributed by atoms with van der Waals surface area (Å²) in [5.41, 5.74) is 5.67. The van der Waals surface area contributed by atoms with Gasteiger partial charge in [0.05, 0.1) is 9.37 Å². The predicted molar refractivity (Wildman–Crippen MR) is 69.1 cm³/mol. The van der Waals surface area contributed by atoms with Crippen molar-refractivity contribution in [2.45, 2.75) is 9.24 Å². The van der Waals surface area contributed by atoms with Gasteiger partial charge in [-0.2, -0.15) is 4.37 Å². The third-order valence-electron chi connectivity index (χ3n) is 1.88. The molecule has 1 aromatic carbocycles. The molecule has 0 bridgehead atoms. The van der Waals surface area contributed by atoms with Crippen LogP contribution in [0.3, 0.4) is 0 Å². The molecule has 2 aromatic rings. The minimum Gasteiger partial charge on any atom is -0.384 e. The molecule has 0 spiro atoms. The number of benzene rings is 1. The Balaban J connectivity index is 2.37. The summed E-state index contributed by atoms with van der Waals surface area (Å²) in [6, 6.07) is 3.17. The van der Waals surface area contributed by atoms with Crippen LogP contribution in [0.2, 0.25) is 0 Å². The number of nitrogens with zero attached hydrogens (tertiary/aromatic N) is 2. The Morgan fingerprint density at radius 2 is 2.29 bits per heavy atom. The molecule has 3 N–H and O–H groups in total. The van der Waals surface area contributed by atoms with Gasteiger partial charge in [0.25, 0.3) is 0 Å². The van der Waals surface area contributed by atoms with E-state index in [4.69, 9.17) is 11.1 Å². The fourth-order valence-corrected chi connectivity index (χ4v) is 3.25. The van der Waals surface area contributed by atoms with E-state index in [2.05, 4.69) is 25.3 Å². The van der Waals surface area contributed by atoms with Gasteiger partial charge in [-0.05, 0) is 39.6 Å². The summed E-state index contributed by atoms with van der Waals surface area (Å²) in [5, 5.41) is 7.29. The van der Waals surface area contributed by atoms with Crippen LogP contribution < -0.4 is 5.73 Å². The lowest BCUT2D eigenvalue weighted by molar-refractivity contribution is 0.594. The topological polar surface area (TPSA) is 75.7 Å². The van der Waals surface area contributed by atoms with Crippen LogP contribution in [-0.2, 0) is 0 Å². The Morgan fingerprint density at radius 1 is 1.53 bits per heavy atom. The van der Waals surface area contributed by atoms with Gasteiger partial charge in [0.2, 0.25) is 0 Å². The Hall–Kier alpha value is -0.990. The zero-order valence-corrected chi connectivity index (χ0v) is 11.5. The first-order chi connectivity index (χ1) is 8.09. The maximum absolute atomic E-state index is 14.0. The smallest absolute Gasteiger partial charge is 0.174 e. The maximum Gasteiger partial charge on any atom is 0.174 e. The van der Waals surface area contributed by atoms with E-state index in [-0.39, 0.29) is 10.3 Å². The highest BCUT2D eigenvalue weighted by molar-refractivity contribution is 9.10. The summed E-state index contributed by atoms with van der Waals surface area (Å²) in [6.07, 6.45) is 1.42. The number of nitrogens with two attached hydrogens (primary N) is 1. The van der Waals surface area contributed by atoms with Crippen LogP contribution in [0.15, 0.2) is 32.2 Å². The van der Waals surface area contributed by atoms with E-state index in [9.17, 15) is 4.39 Å².